The summed E-state index contributed by atoms with van der Waals surface area (Å²) in [6.07, 6.45) is 35.9. The summed E-state index contributed by atoms with van der Waals surface area (Å²) >= 11 is 0. The maximum atomic E-state index is 12.3. The fourth-order valence-corrected chi connectivity index (χ4v) is 10.0. The predicted octanol–water partition coefficient (Wildman–Crippen LogP) is 10.9. The maximum Gasteiger partial charge on any atom is 0.244 e. The van der Waals surface area contributed by atoms with Crippen LogP contribution in [0.5, 0.6) is 0 Å². The van der Waals surface area contributed by atoms with Crippen LogP contribution in [0.3, 0.4) is 0 Å². The van der Waals surface area contributed by atoms with Crippen molar-refractivity contribution in [1.82, 2.24) is 21.3 Å². The number of hydrogen-bond donors (Lipinski definition) is 4. The van der Waals surface area contributed by atoms with Crippen molar-refractivity contribution < 1.29 is 71.3 Å². The average Bonchev–Trinajstić information content (AvgIpc) is 1.08. The van der Waals surface area contributed by atoms with E-state index >= 15 is 0 Å². The first-order valence-corrected chi connectivity index (χ1v) is 34.1. The van der Waals surface area contributed by atoms with Gasteiger partial charge >= 0.3 is 0 Å². The minimum atomic E-state index is -0.118. The van der Waals surface area contributed by atoms with Crippen molar-refractivity contribution in [2.75, 3.05) is 172 Å². The van der Waals surface area contributed by atoms with Crippen molar-refractivity contribution in [2.45, 2.75) is 140 Å². The van der Waals surface area contributed by atoms with Crippen LogP contribution in [-0.2, 0) is 71.3 Å². The highest BCUT2D eigenvalue weighted by atomic mass is 16.6. The van der Waals surface area contributed by atoms with Crippen molar-refractivity contribution in [3.8, 4) is 0 Å². The summed E-state index contributed by atoms with van der Waals surface area (Å²) in [7, 11) is 0. The highest BCUT2D eigenvalue weighted by Crippen LogP contribution is 2.42. The first-order valence-electron chi connectivity index (χ1n) is 34.1. The monoisotopic (exact) mass is 1310 g/mol. The molecule has 1 unspecified atom stereocenters. The van der Waals surface area contributed by atoms with Gasteiger partial charge in [0.25, 0.3) is 0 Å². The summed E-state index contributed by atoms with van der Waals surface area (Å²) in [5.41, 5.74) is 8.99. The molecule has 4 N–H and O–H groups in total. The van der Waals surface area contributed by atoms with Gasteiger partial charge in [0, 0.05) is 83.5 Å². The van der Waals surface area contributed by atoms with Gasteiger partial charge in [0.05, 0.1) is 119 Å². The molecule has 2 aliphatic carbocycles. The summed E-state index contributed by atoms with van der Waals surface area (Å²) in [6.45, 7) is 33.7. The Hall–Kier alpha value is -5.16. The SMILES string of the molecule is CC1=CCCC(C)(C)C1/C=C/C(C)=C/C=C/C(C)=C/C(=O)NCCCOCCOCCOCCCNC(=O)CCOCCOCCOCCOCCOCCC(=O)NCCCOCCOCCOCCCNC(=O)/C=C(C)/C=C/C=C(C)/C=C/C1=C(C)CCCC1(C)C. The van der Waals surface area contributed by atoms with Crippen LogP contribution in [0.15, 0.2) is 118 Å². The van der Waals surface area contributed by atoms with Crippen molar-refractivity contribution in [1.29, 1.82) is 0 Å². The Balaban J connectivity index is 1.23. The molecule has 0 saturated heterocycles. The number of carbonyl (C=O) groups excluding carboxylic acids is 4. The summed E-state index contributed by atoms with van der Waals surface area (Å²) < 4.78 is 61.1. The average molecular weight is 1310 g/mol. The van der Waals surface area contributed by atoms with Gasteiger partial charge in [-0.25, -0.2) is 0 Å². The van der Waals surface area contributed by atoms with Gasteiger partial charge in [0.1, 0.15) is 0 Å². The number of amides is 4. The number of allylic oxidation sites excluding steroid dienone is 18. The Bertz CT molecular complexity index is 2380. The fourth-order valence-electron chi connectivity index (χ4n) is 10.0. The summed E-state index contributed by atoms with van der Waals surface area (Å²) in [6, 6.07) is 0. The molecule has 2 aliphatic rings. The fraction of sp³-hybridized carbons (Fsp3) is 0.676. The van der Waals surface area contributed by atoms with Crippen LogP contribution in [0, 0.1) is 16.7 Å². The van der Waals surface area contributed by atoms with Crippen molar-refractivity contribution >= 4 is 23.6 Å². The molecular formula is C74H122N4O15. The molecule has 0 fully saturated rings. The number of ether oxygens (including phenoxy) is 11. The molecule has 0 saturated carbocycles. The Labute approximate surface area is 560 Å². The molecule has 0 aliphatic heterocycles. The first-order chi connectivity index (χ1) is 44.9. The molecule has 0 aromatic carbocycles. The molecule has 0 aromatic heterocycles. The van der Waals surface area contributed by atoms with Crippen molar-refractivity contribution in [3.05, 3.63) is 118 Å². The van der Waals surface area contributed by atoms with Gasteiger partial charge in [-0.05, 0) is 127 Å². The molecule has 2 rings (SSSR count). The third-order valence-electron chi connectivity index (χ3n) is 15.4. The van der Waals surface area contributed by atoms with Gasteiger partial charge < -0.3 is 73.4 Å². The number of nitrogens with one attached hydrogen (secondary N) is 4. The zero-order chi connectivity index (χ0) is 67.9. The second-order valence-electron chi connectivity index (χ2n) is 24.8. The Morgan fingerprint density at radius 3 is 1.18 bits per heavy atom. The molecule has 93 heavy (non-hydrogen) atoms. The molecule has 4 amide bonds. The largest absolute Gasteiger partial charge is 0.379 e. The van der Waals surface area contributed by atoms with E-state index in [4.69, 9.17) is 52.1 Å². The van der Waals surface area contributed by atoms with E-state index in [2.05, 4.69) is 119 Å². The lowest BCUT2D eigenvalue weighted by Gasteiger charge is -2.36. The smallest absolute Gasteiger partial charge is 0.244 e. The van der Waals surface area contributed by atoms with Crippen LogP contribution >= 0.6 is 0 Å². The number of carbonyl (C=O) groups is 4. The lowest BCUT2D eigenvalue weighted by molar-refractivity contribution is -0.123. The van der Waals surface area contributed by atoms with E-state index in [-0.39, 0.29) is 47.3 Å². The molecule has 0 spiro atoms. The predicted molar refractivity (Wildman–Crippen MR) is 371 cm³/mol. The Morgan fingerprint density at radius 1 is 0.452 bits per heavy atom. The molecule has 0 heterocycles. The summed E-state index contributed by atoms with van der Waals surface area (Å²) in [5.74, 6) is 0.0748. The van der Waals surface area contributed by atoms with Crippen LogP contribution in [0.4, 0.5) is 0 Å². The lowest BCUT2D eigenvalue weighted by Crippen LogP contribution is -2.26. The van der Waals surface area contributed by atoms with E-state index in [1.54, 1.807) is 12.2 Å². The van der Waals surface area contributed by atoms with Gasteiger partial charge in [-0.15, -0.1) is 0 Å². The molecule has 19 heteroatoms. The maximum absolute atomic E-state index is 12.3. The van der Waals surface area contributed by atoms with Gasteiger partial charge in [-0.3, -0.25) is 19.2 Å². The minimum absolute atomic E-state index is 0.0740. The summed E-state index contributed by atoms with van der Waals surface area (Å²) in [4.78, 5) is 48.8. The first kappa shape index (κ1) is 83.9. The summed E-state index contributed by atoms with van der Waals surface area (Å²) in [5, 5.41) is 11.6. The Morgan fingerprint density at radius 2 is 0.806 bits per heavy atom. The quantitative estimate of drug-likeness (QED) is 0.0193. The lowest BCUT2D eigenvalue weighted by atomic mass is 9.68. The van der Waals surface area contributed by atoms with Crippen LogP contribution in [0.1, 0.15) is 140 Å². The zero-order valence-corrected chi connectivity index (χ0v) is 58.9. The zero-order valence-electron chi connectivity index (χ0n) is 58.9. The van der Waals surface area contributed by atoms with Crippen LogP contribution in [0.2, 0.25) is 0 Å². The molecule has 0 bridgehead atoms. The van der Waals surface area contributed by atoms with Gasteiger partial charge in [0.15, 0.2) is 0 Å². The van der Waals surface area contributed by atoms with E-state index in [9.17, 15) is 19.2 Å². The highest BCUT2D eigenvalue weighted by Gasteiger charge is 2.31. The van der Waals surface area contributed by atoms with Gasteiger partial charge in [-0.2, -0.15) is 0 Å². The second kappa shape index (κ2) is 55.0. The number of hydrogen-bond acceptors (Lipinski definition) is 15. The van der Waals surface area contributed by atoms with Crippen LogP contribution < -0.4 is 21.3 Å². The third kappa shape index (κ3) is 47.4. The molecule has 19 nitrogen and oxygen atoms in total. The van der Waals surface area contributed by atoms with E-state index < -0.39 is 0 Å². The molecule has 0 radical (unpaired) electrons. The molecular weight excluding hydrogens is 1180 g/mol. The highest BCUT2D eigenvalue weighted by molar-refractivity contribution is 5.89. The molecule has 1 atom stereocenters. The van der Waals surface area contributed by atoms with Gasteiger partial charge in [0.2, 0.25) is 23.6 Å². The Kier molecular flexibility index (Phi) is 49.7. The van der Waals surface area contributed by atoms with E-state index in [0.717, 1.165) is 17.6 Å². The van der Waals surface area contributed by atoms with Crippen LogP contribution in [-0.4, -0.2) is 195 Å². The van der Waals surface area contributed by atoms with Crippen LogP contribution in [0.25, 0.3) is 0 Å². The second-order valence-corrected chi connectivity index (χ2v) is 24.8. The van der Waals surface area contributed by atoms with E-state index in [1.807, 2.05) is 38.2 Å². The van der Waals surface area contributed by atoms with E-state index in [0.29, 0.717) is 203 Å². The normalized spacial score (nSPS) is 16.5. The number of rotatable bonds is 56. The van der Waals surface area contributed by atoms with Crippen molar-refractivity contribution in [2.24, 2.45) is 16.7 Å². The topological polar surface area (TPSA) is 218 Å². The minimum Gasteiger partial charge on any atom is -0.379 e. The third-order valence-corrected chi connectivity index (χ3v) is 15.4. The standard InChI is InChI=1S/C74H122N4O15/c1-61(25-27-67-65(5)23-13-31-73(67,7)8)19-11-21-63(3)59-71(81)77-35-17-39-85-45-51-89-49-43-83-37-15-33-75-69(79)29-41-87-47-53-91-55-57-93-58-56-92-54-48-88-42-30-70(80)76-34-16-38-84-44-50-90-52-46-86-40-18-36-78-72(82)60-64(4)22-12-20-62(2)26-28-68-66(6)24-14-32-74(68,9)10/h11-12,19-23,25-28,59-60,67H,13-18,24,29-58H2,1-10H3,(H,75,79)(H,76,80)(H,77,81)(H,78,82)/b21-11+,22-12+,27-25+,28-26+,61-19+,62-20+,63-59+,64-60+. The van der Waals surface area contributed by atoms with Gasteiger partial charge in [-0.1, -0.05) is 117 Å². The molecule has 528 valence electrons. The van der Waals surface area contributed by atoms with Crippen molar-refractivity contribution in [3.63, 3.8) is 0 Å². The van der Waals surface area contributed by atoms with E-state index in [1.165, 1.54) is 53.5 Å². The molecule has 0 aromatic rings.